The lowest BCUT2D eigenvalue weighted by molar-refractivity contribution is -0.394. The summed E-state index contributed by atoms with van der Waals surface area (Å²) < 4.78 is 62.2. The first kappa shape index (κ1) is 53.3. The number of fused-ring (bicyclic) bond motifs is 7. The average Bonchev–Trinajstić information content (AvgIpc) is 3.79. The molecule has 1 spiro atoms. The van der Waals surface area contributed by atoms with Crippen LogP contribution in [0.2, 0.25) is 0 Å². The molecular weight excluding hydrogens is 933 g/mol. The lowest BCUT2D eigenvalue weighted by Gasteiger charge is -2.59. The summed E-state index contributed by atoms with van der Waals surface area (Å²) in [6.45, 7) is 14.1. The second kappa shape index (κ2) is 20.1. The van der Waals surface area contributed by atoms with Gasteiger partial charge in [0.15, 0.2) is 30.9 Å². The van der Waals surface area contributed by atoms with Gasteiger partial charge in [0.1, 0.15) is 79.4 Å². The van der Waals surface area contributed by atoms with Crippen molar-refractivity contribution in [2.45, 2.75) is 247 Å². The Hall–Kier alpha value is -1.06. The van der Waals surface area contributed by atoms with Gasteiger partial charge in [-0.15, -0.1) is 0 Å². The van der Waals surface area contributed by atoms with Gasteiger partial charge in [-0.1, -0.05) is 39.3 Å². The van der Waals surface area contributed by atoms with Gasteiger partial charge in [0, 0.05) is 12.3 Å². The van der Waals surface area contributed by atoms with Gasteiger partial charge in [-0.25, -0.2) is 0 Å². The van der Waals surface area contributed by atoms with Crippen LogP contribution in [-0.2, 0) is 47.4 Å². The van der Waals surface area contributed by atoms with Crippen molar-refractivity contribution in [3.05, 3.63) is 11.6 Å². The minimum atomic E-state index is -1.85. The molecule has 0 unspecified atom stereocenters. The maximum Gasteiger partial charge on any atom is 0.187 e. The van der Waals surface area contributed by atoms with Gasteiger partial charge >= 0.3 is 0 Å². The molecule has 6 saturated heterocycles. The molecule has 31 atom stereocenters. The number of rotatable bonds is 9. The van der Waals surface area contributed by atoms with Crippen LogP contribution >= 0.6 is 0 Å². The molecule has 0 aromatic rings. The van der Waals surface area contributed by atoms with E-state index in [0.717, 1.165) is 51.6 Å². The Morgan fingerprint density at radius 2 is 1.20 bits per heavy atom. The third kappa shape index (κ3) is 9.03. The average molecular weight is 1020 g/mol. The van der Waals surface area contributed by atoms with Gasteiger partial charge in [0.25, 0.3) is 0 Å². The minimum Gasteiger partial charge on any atom is -0.394 e. The van der Waals surface area contributed by atoms with Crippen LogP contribution in [0.15, 0.2) is 11.6 Å². The molecule has 20 heteroatoms. The molecule has 0 bridgehead atoms. The van der Waals surface area contributed by atoms with Crippen LogP contribution in [0.5, 0.6) is 0 Å². The smallest absolute Gasteiger partial charge is 0.187 e. The van der Waals surface area contributed by atoms with Crippen molar-refractivity contribution in [3.8, 4) is 0 Å². The first-order valence-corrected chi connectivity index (χ1v) is 26.6. The Bertz CT molecular complexity index is 1890. The summed E-state index contributed by atoms with van der Waals surface area (Å²) in [5.41, 5.74) is 1.44. The largest absolute Gasteiger partial charge is 0.394 e. The Labute approximate surface area is 415 Å². The van der Waals surface area contributed by atoms with Crippen molar-refractivity contribution in [3.63, 3.8) is 0 Å². The fourth-order valence-corrected chi connectivity index (χ4v) is 15.4. The highest BCUT2D eigenvalue weighted by Gasteiger charge is 2.69. The van der Waals surface area contributed by atoms with Gasteiger partial charge < -0.3 is 98.4 Å². The molecule has 0 amide bonds. The molecule has 3 saturated carbocycles. The number of ether oxygens (including phenoxy) is 10. The maximum atomic E-state index is 12.2. The van der Waals surface area contributed by atoms with E-state index in [9.17, 15) is 51.1 Å². The highest BCUT2D eigenvalue weighted by Crippen LogP contribution is 2.71. The predicted molar refractivity (Wildman–Crippen MR) is 244 cm³/mol. The summed E-state index contributed by atoms with van der Waals surface area (Å²) in [6.07, 6.45) is -19.0. The molecule has 10 N–H and O–H groups in total. The summed E-state index contributed by atoms with van der Waals surface area (Å²) >= 11 is 0. The molecule has 406 valence electrons. The number of hydrogen-bond acceptors (Lipinski definition) is 20. The zero-order valence-corrected chi connectivity index (χ0v) is 42.1. The van der Waals surface area contributed by atoms with Crippen LogP contribution in [0.3, 0.4) is 0 Å². The fraction of sp³-hybridized carbons (Fsp3) is 0.961. The van der Waals surface area contributed by atoms with E-state index in [2.05, 4.69) is 33.8 Å². The fourth-order valence-electron chi connectivity index (χ4n) is 15.4. The van der Waals surface area contributed by atoms with Crippen molar-refractivity contribution in [1.29, 1.82) is 0 Å². The molecule has 6 aliphatic heterocycles. The minimum absolute atomic E-state index is 0.0569. The third-order valence-electron chi connectivity index (χ3n) is 19.7. The van der Waals surface area contributed by atoms with Gasteiger partial charge in [0.2, 0.25) is 0 Å². The van der Waals surface area contributed by atoms with E-state index in [-0.39, 0.29) is 16.9 Å². The first-order chi connectivity index (χ1) is 33.6. The SMILES string of the molecule is C[C@@H]1CC[C@]2(OC1)O[C@@H]1C[C@@H]3[C@H]4CC=C5C[C@@H](O[C@H]6O[C@@H](CO)[C@H](O[C@H]7O[C@@H](C)[C@H](O[C@H]8O[C@@H](C)[C@H](O)[C@@H](O)[C@@H]8O)[C@@H](O)[C@@H]7O)[C@@H](O)[C@@H]6O[C@H]6O[C@@H](C)[C@H](O)[C@@H](O)[C@@H]6O)CC[C@]5(C)[C@@H]4CC[C@@]3(C)[C@@H]1[C@H]2C. The van der Waals surface area contributed by atoms with E-state index in [1.807, 2.05) is 0 Å². The van der Waals surface area contributed by atoms with Gasteiger partial charge in [0.05, 0.1) is 43.7 Å². The van der Waals surface area contributed by atoms with E-state index in [1.54, 1.807) is 0 Å². The second-order valence-electron chi connectivity index (χ2n) is 23.8. The lowest BCUT2D eigenvalue weighted by Crippen LogP contribution is -2.67. The van der Waals surface area contributed by atoms with Crippen LogP contribution in [0, 0.1) is 46.3 Å². The molecule has 6 heterocycles. The Balaban J connectivity index is 0.836. The summed E-state index contributed by atoms with van der Waals surface area (Å²) in [7, 11) is 0. The first-order valence-electron chi connectivity index (χ1n) is 26.6. The van der Waals surface area contributed by atoms with Gasteiger partial charge in [-0.3, -0.25) is 0 Å². The molecule has 4 aliphatic carbocycles. The zero-order chi connectivity index (χ0) is 50.8. The molecule has 0 aromatic carbocycles. The highest BCUT2D eigenvalue weighted by atomic mass is 16.8. The van der Waals surface area contributed by atoms with Crippen molar-refractivity contribution in [2.24, 2.45) is 46.3 Å². The Morgan fingerprint density at radius 3 is 1.82 bits per heavy atom. The summed E-state index contributed by atoms with van der Waals surface area (Å²) in [5.74, 6) is 2.46. The third-order valence-corrected chi connectivity index (χ3v) is 19.7. The summed E-state index contributed by atoms with van der Waals surface area (Å²) in [5, 5.41) is 109. The van der Waals surface area contributed by atoms with E-state index in [0.29, 0.717) is 48.3 Å². The molecular formula is C51H82O20. The molecule has 20 nitrogen and oxygen atoms in total. The highest BCUT2D eigenvalue weighted by molar-refractivity contribution is 5.26. The summed E-state index contributed by atoms with van der Waals surface area (Å²) in [4.78, 5) is 0. The van der Waals surface area contributed by atoms with Crippen LogP contribution in [0.1, 0.15) is 106 Å². The monoisotopic (exact) mass is 1010 g/mol. The molecule has 0 radical (unpaired) electrons. The van der Waals surface area contributed by atoms with E-state index in [1.165, 1.54) is 26.3 Å². The quantitative estimate of drug-likeness (QED) is 0.137. The van der Waals surface area contributed by atoms with Crippen molar-refractivity contribution >= 4 is 0 Å². The summed E-state index contributed by atoms with van der Waals surface area (Å²) in [6, 6.07) is 0. The van der Waals surface area contributed by atoms with E-state index >= 15 is 0 Å². The zero-order valence-electron chi connectivity index (χ0n) is 42.1. The Kier molecular flexibility index (Phi) is 15.1. The lowest BCUT2D eigenvalue weighted by atomic mass is 9.47. The van der Waals surface area contributed by atoms with Crippen LogP contribution in [0.4, 0.5) is 0 Å². The maximum absolute atomic E-state index is 12.2. The van der Waals surface area contributed by atoms with E-state index in [4.69, 9.17) is 47.4 Å². The molecule has 9 fully saturated rings. The normalized spacial score (nSPS) is 58.4. The molecule has 10 aliphatic rings. The van der Waals surface area contributed by atoms with E-state index < -0.39 is 141 Å². The van der Waals surface area contributed by atoms with Crippen LogP contribution < -0.4 is 0 Å². The van der Waals surface area contributed by atoms with Crippen molar-refractivity contribution in [1.82, 2.24) is 0 Å². The topological polar surface area (TPSA) is 295 Å². The standard InChI is InChI=1S/C51H82O20/c1-20-10-15-51(62-19-20)21(2)32-30(71-51)17-29-27-9-8-25-16-26(11-13-49(25,6)28(27)12-14-50(29,32)7)66-48-44(70-46-39(59)36(56)34(54)23(4)64-46)41(61)43(31(18-52)67-48)69-47-40(60)37(57)42(24(5)65-47)68-45-38(58)35(55)33(53)22(3)63-45/h8,20-24,26-48,52-61H,9-19H2,1-7H3/t20-,21-,22+,23+,24+,26+,27+,28-,29-,30-,31+,32-,33+,34+,35-,36-,37+,38+,39+,40+,41-,42+,43+,44+,45-,46-,47-,48+,49+,50-,51+/m1/s1. The number of hydrogen-bond donors (Lipinski definition) is 10. The number of aliphatic hydroxyl groups excluding tert-OH is 10. The van der Waals surface area contributed by atoms with Crippen molar-refractivity contribution in [2.75, 3.05) is 13.2 Å². The van der Waals surface area contributed by atoms with Gasteiger partial charge in [-0.05, 0) is 113 Å². The van der Waals surface area contributed by atoms with Gasteiger partial charge in [-0.2, -0.15) is 0 Å². The van der Waals surface area contributed by atoms with Crippen LogP contribution in [0.25, 0.3) is 0 Å². The Morgan fingerprint density at radius 1 is 0.592 bits per heavy atom. The molecule has 71 heavy (non-hydrogen) atoms. The van der Waals surface area contributed by atoms with Crippen LogP contribution in [-0.4, -0.2) is 205 Å². The molecule has 0 aromatic heterocycles. The number of allylic oxidation sites excluding steroid dienone is 1. The van der Waals surface area contributed by atoms with Crippen molar-refractivity contribution < 1.29 is 98.4 Å². The number of aliphatic hydroxyl groups is 10. The predicted octanol–water partition coefficient (Wildman–Crippen LogP) is 0.0935. The second-order valence-corrected chi connectivity index (χ2v) is 23.8. The molecule has 10 rings (SSSR count).